The van der Waals surface area contributed by atoms with Crippen molar-refractivity contribution in [2.75, 3.05) is 19.0 Å². The van der Waals surface area contributed by atoms with Crippen LogP contribution in [0.3, 0.4) is 0 Å². The number of aryl methyl sites for hydroxylation is 2. The van der Waals surface area contributed by atoms with Crippen LogP contribution < -0.4 is 15.1 Å². The van der Waals surface area contributed by atoms with Crippen molar-refractivity contribution in [3.8, 4) is 11.1 Å². The summed E-state index contributed by atoms with van der Waals surface area (Å²) in [5, 5.41) is 0.920. The number of aromatic nitrogens is 1. The Balaban J connectivity index is 0.000000222. The molecule has 0 unspecified atom stereocenters. The van der Waals surface area contributed by atoms with Gasteiger partial charge in [0.15, 0.2) is 12.4 Å². The Bertz CT molecular complexity index is 1390. The van der Waals surface area contributed by atoms with Crippen LogP contribution in [0.25, 0.3) is 22.1 Å². The van der Waals surface area contributed by atoms with Crippen molar-refractivity contribution >= 4 is 26.8 Å². The van der Waals surface area contributed by atoms with Crippen LogP contribution in [0.5, 0.6) is 0 Å². The predicted octanol–water partition coefficient (Wildman–Crippen LogP) is 3.25. The molecular weight excluding hydrogens is 428 g/mol. The maximum Gasteiger partial charge on any atom is 0.344 e. The number of benzene rings is 2. The fourth-order valence-electron chi connectivity index (χ4n) is 2.96. The number of hydrogen-bond acceptors (Lipinski definition) is 6. The highest BCUT2D eigenvalue weighted by molar-refractivity contribution is 7.85. The Hall–Kier alpha value is -3.49. The van der Waals surface area contributed by atoms with Crippen LogP contribution >= 0.6 is 0 Å². The molecule has 8 heteroatoms. The fraction of sp³-hybridized carbons (Fsp3) is 0.167. The molecule has 0 radical (unpaired) electrons. The lowest BCUT2D eigenvalue weighted by Gasteiger charge is -2.12. The molecule has 32 heavy (non-hydrogen) atoms. The molecule has 2 heterocycles. The highest BCUT2D eigenvalue weighted by atomic mass is 32.2. The number of fused-ring (bicyclic) bond motifs is 1. The van der Waals surface area contributed by atoms with Crippen LogP contribution in [0, 0.1) is 6.92 Å². The number of anilines is 1. The zero-order valence-electron chi connectivity index (χ0n) is 18.3. The monoisotopic (exact) mass is 452 g/mol. The molecule has 0 aliphatic carbocycles. The molecule has 2 aromatic heterocycles. The predicted molar refractivity (Wildman–Crippen MR) is 123 cm³/mol. The van der Waals surface area contributed by atoms with E-state index in [-0.39, 0.29) is 10.5 Å². The number of nitrogens with zero attached hydrogens (tertiary/aromatic N) is 2. The van der Waals surface area contributed by atoms with Gasteiger partial charge >= 0.3 is 5.63 Å². The molecule has 2 aromatic carbocycles. The van der Waals surface area contributed by atoms with Gasteiger partial charge in [0.1, 0.15) is 22.7 Å². The van der Waals surface area contributed by atoms with Gasteiger partial charge < -0.3 is 13.9 Å². The quantitative estimate of drug-likeness (QED) is 0.269. The molecule has 7 nitrogen and oxygen atoms in total. The SMILES string of the molecule is CN(C)c1ccc2cc(-c3cc[n+](C)cc3)c(=O)oc2c1.Cc1ccc(S(=O)(=O)[O-])cc1. The molecular formula is C24H24N2O5S. The highest BCUT2D eigenvalue weighted by Gasteiger charge is 2.10. The van der Waals surface area contributed by atoms with Gasteiger partial charge in [-0.3, -0.25) is 0 Å². The lowest BCUT2D eigenvalue weighted by molar-refractivity contribution is -0.671. The van der Waals surface area contributed by atoms with Gasteiger partial charge in [0, 0.05) is 48.9 Å². The smallest absolute Gasteiger partial charge is 0.344 e. The van der Waals surface area contributed by atoms with E-state index in [1.165, 1.54) is 12.1 Å². The minimum atomic E-state index is -4.27. The van der Waals surface area contributed by atoms with E-state index >= 15 is 0 Å². The van der Waals surface area contributed by atoms with E-state index in [1.54, 1.807) is 12.1 Å². The van der Waals surface area contributed by atoms with Crippen molar-refractivity contribution in [2.45, 2.75) is 11.8 Å². The minimum Gasteiger partial charge on any atom is -0.744 e. The summed E-state index contributed by atoms with van der Waals surface area (Å²) in [5.74, 6) is 0. The van der Waals surface area contributed by atoms with Gasteiger partial charge in [0.05, 0.1) is 10.5 Å². The Morgan fingerprint density at radius 3 is 2.12 bits per heavy atom. The number of rotatable bonds is 3. The van der Waals surface area contributed by atoms with E-state index in [2.05, 4.69) is 0 Å². The fourth-order valence-corrected chi connectivity index (χ4v) is 3.43. The first-order chi connectivity index (χ1) is 15.0. The molecule has 0 atom stereocenters. The molecule has 0 aliphatic rings. The zero-order chi connectivity index (χ0) is 23.5. The first kappa shape index (κ1) is 23.2. The van der Waals surface area contributed by atoms with E-state index in [9.17, 15) is 17.8 Å². The summed E-state index contributed by atoms with van der Waals surface area (Å²) in [7, 11) is 1.58. The van der Waals surface area contributed by atoms with E-state index < -0.39 is 10.1 Å². The third kappa shape index (κ3) is 5.60. The molecule has 0 saturated carbocycles. The topological polar surface area (TPSA) is 94.5 Å². The van der Waals surface area contributed by atoms with E-state index in [0.717, 1.165) is 22.2 Å². The average Bonchev–Trinajstić information content (AvgIpc) is 2.73. The maximum atomic E-state index is 12.2. The summed E-state index contributed by atoms with van der Waals surface area (Å²) < 4.78 is 38.6. The van der Waals surface area contributed by atoms with Crippen LogP contribution in [0.4, 0.5) is 5.69 Å². The Morgan fingerprint density at radius 2 is 1.56 bits per heavy atom. The summed E-state index contributed by atoms with van der Waals surface area (Å²) in [6.07, 6.45) is 3.82. The van der Waals surface area contributed by atoms with Crippen molar-refractivity contribution in [1.29, 1.82) is 0 Å². The van der Waals surface area contributed by atoms with Crippen LogP contribution in [-0.4, -0.2) is 27.1 Å². The summed E-state index contributed by atoms with van der Waals surface area (Å²) in [6.45, 7) is 1.82. The Kier molecular flexibility index (Phi) is 6.76. The molecule has 4 aromatic rings. The normalized spacial score (nSPS) is 11.0. The van der Waals surface area contributed by atoms with Crippen LogP contribution in [-0.2, 0) is 17.2 Å². The second kappa shape index (κ2) is 9.33. The summed E-state index contributed by atoms with van der Waals surface area (Å²) in [4.78, 5) is 14.0. The zero-order valence-corrected chi connectivity index (χ0v) is 19.1. The van der Waals surface area contributed by atoms with Crippen molar-refractivity contribution in [3.63, 3.8) is 0 Å². The molecule has 0 spiro atoms. The summed E-state index contributed by atoms with van der Waals surface area (Å²) >= 11 is 0. The Morgan fingerprint density at radius 1 is 0.938 bits per heavy atom. The van der Waals surface area contributed by atoms with E-state index in [4.69, 9.17) is 4.42 Å². The molecule has 0 N–H and O–H groups in total. The second-order valence-electron chi connectivity index (χ2n) is 7.58. The van der Waals surface area contributed by atoms with Crippen LogP contribution in [0.2, 0.25) is 0 Å². The van der Waals surface area contributed by atoms with Crippen molar-refractivity contribution in [3.05, 3.63) is 89.0 Å². The van der Waals surface area contributed by atoms with Gasteiger partial charge in [0.25, 0.3) is 0 Å². The van der Waals surface area contributed by atoms with Gasteiger partial charge in [-0.1, -0.05) is 17.7 Å². The van der Waals surface area contributed by atoms with Crippen molar-refractivity contribution < 1.29 is 22.0 Å². The molecule has 166 valence electrons. The Labute approximate surface area is 186 Å². The van der Waals surface area contributed by atoms with Gasteiger partial charge in [-0.2, -0.15) is 0 Å². The third-order valence-electron chi connectivity index (χ3n) is 4.84. The minimum absolute atomic E-state index is 0.178. The van der Waals surface area contributed by atoms with E-state index in [1.807, 2.05) is 86.3 Å². The average molecular weight is 453 g/mol. The molecule has 0 amide bonds. The van der Waals surface area contributed by atoms with Gasteiger partial charge in [-0.25, -0.2) is 17.8 Å². The van der Waals surface area contributed by atoms with Crippen LogP contribution in [0.1, 0.15) is 5.56 Å². The molecule has 0 saturated heterocycles. The van der Waals surface area contributed by atoms with Crippen molar-refractivity contribution in [2.24, 2.45) is 7.05 Å². The standard InChI is InChI=1S/C17H17N2O2.C7H8O3S/c1-18(2)14-5-4-13-10-15(17(20)21-16(13)11-14)12-6-8-19(3)9-7-12;1-6-2-4-7(5-3-6)11(8,9)10/h4-11H,1-3H3;2-5H,1H3,(H,8,9,10)/q+1;/p-1. The summed E-state index contributed by atoms with van der Waals surface area (Å²) in [5.41, 5.74) is 3.67. The van der Waals surface area contributed by atoms with Gasteiger partial charge in [-0.05, 0) is 37.3 Å². The highest BCUT2D eigenvalue weighted by Crippen LogP contribution is 2.23. The first-order valence-electron chi connectivity index (χ1n) is 9.78. The largest absolute Gasteiger partial charge is 0.744 e. The molecule has 0 fully saturated rings. The maximum absolute atomic E-state index is 12.2. The molecule has 0 bridgehead atoms. The number of pyridine rings is 1. The van der Waals surface area contributed by atoms with Crippen LogP contribution in [0.15, 0.2) is 87.2 Å². The first-order valence-corrected chi connectivity index (χ1v) is 11.2. The van der Waals surface area contributed by atoms with Gasteiger partial charge in [-0.15, -0.1) is 0 Å². The third-order valence-corrected chi connectivity index (χ3v) is 5.68. The second-order valence-corrected chi connectivity index (χ2v) is 8.96. The van der Waals surface area contributed by atoms with E-state index in [0.29, 0.717) is 11.1 Å². The van der Waals surface area contributed by atoms with Gasteiger partial charge in [0.2, 0.25) is 0 Å². The molecule has 4 rings (SSSR count). The van der Waals surface area contributed by atoms with Crippen molar-refractivity contribution in [1.82, 2.24) is 0 Å². The molecule has 0 aliphatic heterocycles. The lowest BCUT2D eigenvalue weighted by atomic mass is 10.1. The lowest BCUT2D eigenvalue weighted by Crippen LogP contribution is -2.25. The summed E-state index contributed by atoms with van der Waals surface area (Å²) in [6, 6.07) is 17.3. The number of hydrogen-bond donors (Lipinski definition) is 0.